The molecule has 3 rings (SSSR count). The molecule has 2 aromatic rings. The first kappa shape index (κ1) is 13.2. The van der Waals surface area contributed by atoms with Gasteiger partial charge in [-0.25, -0.2) is 4.98 Å². The van der Waals surface area contributed by atoms with E-state index in [9.17, 15) is 0 Å². The van der Waals surface area contributed by atoms with Gasteiger partial charge in [0.25, 0.3) is 0 Å². The number of anilines is 1. The summed E-state index contributed by atoms with van der Waals surface area (Å²) in [7, 11) is 0. The Kier molecular flexibility index (Phi) is 3.77. The summed E-state index contributed by atoms with van der Waals surface area (Å²) in [6.45, 7) is 2.31. The molecule has 3 nitrogen and oxygen atoms in total. The summed E-state index contributed by atoms with van der Waals surface area (Å²) in [6.07, 6.45) is 10.6. The number of hydrogen-bond acceptors (Lipinski definition) is 2. The standard InChI is InChI=1S/C17H23N3/c1-2-13-3-9-16(10-4-13)20-12-11-19-17(20)14-5-7-15(18)8-6-14/h5-8,11-13,16H,2-4,9-10,18H2,1H3. The topological polar surface area (TPSA) is 43.8 Å². The van der Waals surface area contributed by atoms with E-state index in [2.05, 4.69) is 34.8 Å². The van der Waals surface area contributed by atoms with Crippen molar-refractivity contribution in [1.82, 2.24) is 9.55 Å². The Morgan fingerprint density at radius 2 is 1.85 bits per heavy atom. The Balaban J connectivity index is 1.82. The number of rotatable bonds is 3. The molecule has 1 fully saturated rings. The lowest BCUT2D eigenvalue weighted by Gasteiger charge is -2.29. The fraction of sp³-hybridized carbons (Fsp3) is 0.471. The Morgan fingerprint density at radius 3 is 2.50 bits per heavy atom. The van der Waals surface area contributed by atoms with Crippen molar-refractivity contribution in [2.75, 3.05) is 5.73 Å². The molecule has 106 valence electrons. The highest BCUT2D eigenvalue weighted by atomic mass is 15.1. The van der Waals surface area contributed by atoms with Crippen molar-refractivity contribution in [3.05, 3.63) is 36.7 Å². The highest BCUT2D eigenvalue weighted by Gasteiger charge is 2.22. The SMILES string of the molecule is CCC1CCC(n2ccnc2-c2ccc(N)cc2)CC1. The lowest BCUT2D eigenvalue weighted by atomic mass is 9.84. The molecule has 1 aliphatic rings. The van der Waals surface area contributed by atoms with E-state index in [-0.39, 0.29) is 0 Å². The molecule has 1 aromatic heterocycles. The number of hydrogen-bond donors (Lipinski definition) is 1. The molecule has 0 amide bonds. The molecule has 1 aliphatic carbocycles. The van der Waals surface area contributed by atoms with Crippen molar-refractivity contribution in [1.29, 1.82) is 0 Å². The van der Waals surface area contributed by atoms with Gasteiger partial charge in [0.1, 0.15) is 5.82 Å². The molecule has 0 saturated heterocycles. The van der Waals surface area contributed by atoms with Crippen LogP contribution in [0, 0.1) is 5.92 Å². The van der Waals surface area contributed by atoms with Gasteiger partial charge in [-0.3, -0.25) is 0 Å². The van der Waals surface area contributed by atoms with Gasteiger partial charge in [-0.15, -0.1) is 0 Å². The van der Waals surface area contributed by atoms with Crippen LogP contribution in [-0.2, 0) is 0 Å². The minimum atomic E-state index is 0.604. The summed E-state index contributed by atoms with van der Waals surface area (Å²) in [4.78, 5) is 4.55. The van der Waals surface area contributed by atoms with Gasteiger partial charge in [-0.05, 0) is 55.9 Å². The molecular weight excluding hydrogens is 246 g/mol. The van der Waals surface area contributed by atoms with Crippen molar-refractivity contribution in [2.45, 2.75) is 45.1 Å². The van der Waals surface area contributed by atoms with Gasteiger partial charge in [-0.2, -0.15) is 0 Å². The Hall–Kier alpha value is -1.77. The monoisotopic (exact) mass is 269 g/mol. The van der Waals surface area contributed by atoms with Crippen molar-refractivity contribution in [3.8, 4) is 11.4 Å². The Bertz CT molecular complexity index is 548. The molecular formula is C17H23N3. The molecule has 20 heavy (non-hydrogen) atoms. The molecule has 0 radical (unpaired) electrons. The predicted molar refractivity (Wildman–Crippen MR) is 83.4 cm³/mol. The Morgan fingerprint density at radius 1 is 1.15 bits per heavy atom. The maximum absolute atomic E-state index is 5.76. The van der Waals surface area contributed by atoms with Gasteiger partial charge in [0.2, 0.25) is 0 Å². The first-order valence-electron chi connectivity index (χ1n) is 7.66. The predicted octanol–water partition coefficient (Wildman–Crippen LogP) is 4.27. The van der Waals surface area contributed by atoms with Gasteiger partial charge in [0, 0.05) is 29.7 Å². The number of nitrogens with zero attached hydrogens (tertiary/aromatic N) is 2. The molecule has 3 heteroatoms. The summed E-state index contributed by atoms with van der Waals surface area (Å²) in [5.41, 5.74) is 7.72. The Labute approximate surface area is 120 Å². The van der Waals surface area contributed by atoms with Crippen LogP contribution in [0.2, 0.25) is 0 Å². The average molecular weight is 269 g/mol. The smallest absolute Gasteiger partial charge is 0.140 e. The molecule has 0 bridgehead atoms. The van der Waals surface area contributed by atoms with Crippen molar-refractivity contribution in [2.24, 2.45) is 5.92 Å². The van der Waals surface area contributed by atoms with Crippen LogP contribution in [0.1, 0.15) is 45.1 Å². The number of aromatic nitrogens is 2. The van der Waals surface area contributed by atoms with E-state index in [4.69, 9.17) is 5.73 Å². The van der Waals surface area contributed by atoms with Crippen LogP contribution < -0.4 is 5.73 Å². The molecule has 2 N–H and O–H groups in total. The molecule has 0 atom stereocenters. The molecule has 1 aromatic carbocycles. The van der Waals surface area contributed by atoms with E-state index in [1.54, 1.807) is 0 Å². The number of nitrogen functional groups attached to an aromatic ring is 1. The lowest BCUT2D eigenvalue weighted by molar-refractivity contribution is 0.271. The van der Waals surface area contributed by atoms with Crippen LogP contribution in [0.5, 0.6) is 0 Å². The van der Waals surface area contributed by atoms with Crippen LogP contribution in [0.15, 0.2) is 36.7 Å². The van der Waals surface area contributed by atoms with Crippen LogP contribution >= 0.6 is 0 Å². The number of benzene rings is 1. The van der Waals surface area contributed by atoms with Crippen LogP contribution in [0.25, 0.3) is 11.4 Å². The third-order valence-electron chi connectivity index (χ3n) is 4.62. The summed E-state index contributed by atoms with van der Waals surface area (Å²) < 4.78 is 2.36. The first-order valence-corrected chi connectivity index (χ1v) is 7.66. The third-order valence-corrected chi connectivity index (χ3v) is 4.62. The summed E-state index contributed by atoms with van der Waals surface area (Å²) in [5, 5.41) is 0. The average Bonchev–Trinajstić information content (AvgIpc) is 2.97. The maximum Gasteiger partial charge on any atom is 0.140 e. The zero-order valence-electron chi connectivity index (χ0n) is 12.1. The highest BCUT2D eigenvalue weighted by molar-refractivity contribution is 5.59. The maximum atomic E-state index is 5.76. The zero-order valence-corrected chi connectivity index (χ0v) is 12.1. The van der Waals surface area contributed by atoms with Gasteiger partial charge in [-0.1, -0.05) is 13.3 Å². The first-order chi connectivity index (χ1) is 9.78. The molecule has 1 saturated carbocycles. The summed E-state index contributed by atoms with van der Waals surface area (Å²) >= 11 is 0. The quantitative estimate of drug-likeness (QED) is 0.845. The second-order valence-electron chi connectivity index (χ2n) is 5.86. The molecule has 1 heterocycles. The van der Waals surface area contributed by atoms with E-state index in [0.717, 1.165) is 23.0 Å². The van der Waals surface area contributed by atoms with Crippen LogP contribution in [0.4, 0.5) is 5.69 Å². The number of imidazole rings is 1. The van der Waals surface area contributed by atoms with E-state index >= 15 is 0 Å². The molecule has 0 aliphatic heterocycles. The van der Waals surface area contributed by atoms with Crippen molar-refractivity contribution in [3.63, 3.8) is 0 Å². The zero-order chi connectivity index (χ0) is 13.9. The molecule has 0 spiro atoms. The fourth-order valence-corrected chi connectivity index (χ4v) is 3.29. The largest absolute Gasteiger partial charge is 0.399 e. The fourth-order valence-electron chi connectivity index (χ4n) is 3.29. The van der Waals surface area contributed by atoms with Crippen LogP contribution in [0.3, 0.4) is 0 Å². The second kappa shape index (κ2) is 5.70. The van der Waals surface area contributed by atoms with Gasteiger partial charge < -0.3 is 10.3 Å². The summed E-state index contributed by atoms with van der Waals surface area (Å²) in [6, 6.07) is 8.62. The van der Waals surface area contributed by atoms with E-state index in [1.165, 1.54) is 32.1 Å². The molecule has 0 unspecified atom stereocenters. The van der Waals surface area contributed by atoms with Gasteiger partial charge in [0.05, 0.1) is 0 Å². The minimum absolute atomic E-state index is 0.604. The van der Waals surface area contributed by atoms with E-state index in [0.29, 0.717) is 6.04 Å². The van der Waals surface area contributed by atoms with E-state index in [1.807, 2.05) is 18.3 Å². The lowest BCUT2D eigenvalue weighted by Crippen LogP contribution is -2.18. The third kappa shape index (κ3) is 2.58. The van der Waals surface area contributed by atoms with Gasteiger partial charge >= 0.3 is 0 Å². The minimum Gasteiger partial charge on any atom is -0.399 e. The van der Waals surface area contributed by atoms with Crippen molar-refractivity contribution >= 4 is 5.69 Å². The summed E-state index contributed by atoms with van der Waals surface area (Å²) in [5.74, 6) is 2.00. The normalized spacial score (nSPS) is 22.9. The number of nitrogens with two attached hydrogens (primary N) is 1. The highest BCUT2D eigenvalue weighted by Crippen LogP contribution is 2.35. The van der Waals surface area contributed by atoms with E-state index < -0.39 is 0 Å². The van der Waals surface area contributed by atoms with Crippen molar-refractivity contribution < 1.29 is 0 Å². The second-order valence-corrected chi connectivity index (χ2v) is 5.86. The van der Waals surface area contributed by atoms with Crippen LogP contribution in [-0.4, -0.2) is 9.55 Å². The van der Waals surface area contributed by atoms with Gasteiger partial charge in [0.15, 0.2) is 0 Å².